The molecule has 0 bridgehead atoms. The molecule has 0 aliphatic carbocycles. The molecule has 2 amide bonds. The number of hydrogen-bond acceptors (Lipinski definition) is 10. The summed E-state index contributed by atoms with van der Waals surface area (Å²) in [6.07, 6.45) is -0.597. The van der Waals surface area contributed by atoms with E-state index in [9.17, 15) is 29.1 Å². The summed E-state index contributed by atoms with van der Waals surface area (Å²) in [5.74, 6) is -1.25. The molecule has 12 heteroatoms. The molecule has 48 heavy (non-hydrogen) atoms. The van der Waals surface area contributed by atoms with E-state index in [1.807, 2.05) is 0 Å². The van der Waals surface area contributed by atoms with Crippen molar-refractivity contribution in [2.24, 2.45) is 0 Å². The van der Waals surface area contributed by atoms with E-state index in [-0.39, 0.29) is 42.0 Å². The van der Waals surface area contributed by atoms with Crippen molar-refractivity contribution in [2.45, 2.75) is 46.3 Å². The number of carbonyl (C=O) groups is 5. The number of amides is 2. The van der Waals surface area contributed by atoms with Gasteiger partial charge in [-0.25, -0.2) is 0 Å². The largest absolute Gasteiger partial charge is 0.427 e. The number of esters is 3. The summed E-state index contributed by atoms with van der Waals surface area (Å²) < 4.78 is 15.5. The fraction of sp³-hybridized carbons (Fsp3) is 0.194. The summed E-state index contributed by atoms with van der Waals surface area (Å²) in [6.45, 7) is 5.03. The highest BCUT2D eigenvalue weighted by molar-refractivity contribution is 6.08. The van der Waals surface area contributed by atoms with Crippen molar-refractivity contribution in [2.75, 3.05) is 16.0 Å². The predicted molar refractivity (Wildman–Crippen MR) is 178 cm³/mol. The summed E-state index contributed by atoms with van der Waals surface area (Å²) in [7, 11) is 0. The van der Waals surface area contributed by atoms with Gasteiger partial charge in [0.1, 0.15) is 17.2 Å². The standard InChI is InChI=1S/C36H35N3O9/c1-4-31(40)46-28-13-7-22(8-14-28)34(43)38-26-19-24(36(45)37-25-11-17-30(18-12-25)48-33(42)6-3)20-27(21-26)39-35(44)23-9-15-29(16-10-23)47-32(41)5-2/h7-21,34,38,43H,4-6H2,1-3H3,(H,37,45)(H,39,44). The maximum Gasteiger partial charge on any atom is 0.310 e. The van der Waals surface area contributed by atoms with E-state index in [4.69, 9.17) is 14.2 Å². The molecule has 0 saturated carbocycles. The fourth-order valence-corrected chi connectivity index (χ4v) is 4.17. The second-order valence-electron chi connectivity index (χ2n) is 10.4. The van der Waals surface area contributed by atoms with Gasteiger partial charge >= 0.3 is 17.9 Å². The second kappa shape index (κ2) is 16.5. The van der Waals surface area contributed by atoms with Gasteiger partial charge in [-0.1, -0.05) is 32.9 Å². The van der Waals surface area contributed by atoms with Crippen LogP contribution in [0.25, 0.3) is 0 Å². The van der Waals surface area contributed by atoms with Crippen LogP contribution in [0, 0.1) is 0 Å². The lowest BCUT2D eigenvalue weighted by molar-refractivity contribution is -0.134. The summed E-state index contributed by atoms with van der Waals surface area (Å²) in [6, 6.07) is 23.0. The maximum atomic E-state index is 13.4. The number of benzene rings is 4. The minimum atomic E-state index is -1.24. The Morgan fingerprint density at radius 1 is 0.542 bits per heavy atom. The van der Waals surface area contributed by atoms with Crippen LogP contribution in [0.4, 0.5) is 17.1 Å². The zero-order valence-electron chi connectivity index (χ0n) is 26.6. The lowest BCUT2D eigenvalue weighted by Gasteiger charge is -2.17. The molecular formula is C36H35N3O9. The van der Waals surface area contributed by atoms with Crippen molar-refractivity contribution in [1.82, 2.24) is 0 Å². The molecule has 1 atom stereocenters. The van der Waals surface area contributed by atoms with Crippen LogP contribution in [0.1, 0.15) is 72.5 Å². The Balaban J connectivity index is 1.56. The van der Waals surface area contributed by atoms with E-state index in [2.05, 4.69) is 16.0 Å². The van der Waals surface area contributed by atoms with Gasteiger partial charge in [-0.2, -0.15) is 0 Å². The monoisotopic (exact) mass is 653 g/mol. The van der Waals surface area contributed by atoms with Crippen molar-refractivity contribution in [3.63, 3.8) is 0 Å². The smallest absolute Gasteiger partial charge is 0.310 e. The van der Waals surface area contributed by atoms with Gasteiger partial charge in [0.05, 0.1) is 0 Å². The lowest BCUT2D eigenvalue weighted by Crippen LogP contribution is -2.16. The van der Waals surface area contributed by atoms with Crippen molar-refractivity contribution in [1.29, 1.82) is 0 Å². The molecule has 12 nitrogen and oxygen atoms in total. The number of carbonyl (C=O) groups excluding carboxylic acids is 5. The maximum absolute atomic E-state index is 13.4. The van der Waals surface area contributed by atoms with Crippen LogP contribution in [0.2, 0.25) is 0 Å². The minimum absolute atomic E-state index is 0.146. The average molecular weight is 654 g/mol. The number of ether oxygens (including phenoxy) is 3. The minimum Gasteiger partial charge on any atom is -0.427 e. The second-order valence-corrected chi connectivity index (χ2v) is 10.4. The SMILES string of the molecule is CCC(=O)Oc1ccc(NC(=O)c2cc(NC(=O)c3ccc(OC(=O)CC)cc3)cc(NC(O)c3ccc(OC(=O)CC)cc3)c2)cc1. The molecular weight excluding hydrogens is 618 g/mol. The Bertz CT molecular complexity index is 1770. The molecule has 0 heterocycles. The number of aliphatic hydroxyl groups is 1. The fourth-order valence-electron chi connectivity index (χ4n) is 4.17. The van der Waals surface area contributed by atoms with Gasteiger partial charge in [-0.05, 0) is 78.9 Å². The first-order valence-electron chi connectivity index (χ1n) is 15.2. The molecule has 4 N–H and O–H groups in total. The van der Waals surface area contributed by atoms with Gasteiger partial charge in [-0.3, -0.25) is 24.0 Å². The molecule has 248 valence electrons. The van der Waals surface area contributed by atoms with Crippen molar-refractivity contribution < 1.29 is 43.3 Å². The molecule has 0 aromatic heterocycles. The first kappa shape index (κ1) is 34.9. The molecule has 1 unspecified atom stereocenters. The van der Waals surface area contributed by atoms with E-state index < -0.39 is 30.0 Å². The Hall–Kier alpha value is -6.01. The molecule has 4 aromatic carbocycles. The third-order valence-electron chi connectivity index (χ3n) is 6.74. The van der Waals surface area contributed by atoms with Gasteiger partial charge in [0, 0.05) is 53.0 Å². The summed E-state index contributed by atoms with van der Waals surface area (Å²) in [5.41, 5.74) is 1.83. The zero-order valence-corrected chi connectivity index (χ0v) is 26.6. The molecule has 0 saturated heterocycles. The number of anilines is 3. The Morgan fingerprint density at radius 3 is 1.46 bits per heavy atom. The van der Waals surface area contributed by atoms with Crippen molar-refractivity contribution in [3.8, 4) is 17.2 Å². The van der Waals surface area contributed by atoms with E-state index in [1.54, 1.807) is 75.4 Å². The Labute approximate surface area is 277 Å². The number of hydrogen-bond donors (Lipinski definition) is 4. The highest BCUT2D eigenvalue weighted by Crippen LogP contribution is 2.26. The van der Waals surface area contributed by atoms with Gasteiger partial charge in [-0.15, -0.1) is 0 Å². The average Bonchev–Trinajstić information content (AvgIpc) is 3.09. The first-order valence-corrected chi connectivity index (χ1v) is 15.2. The van der Waals surface area contributed by atoms with Crippen LogP contribution in [-0.2, 0) is 14.4 Å². The van der Waals surface area contributed by atoms with Gasteiger partial charge in [0.15, 0.2) is 6.23 Å². The highest BCUT2D eigenvalue weighted by Gasteiger charge is 2.16. The van der Waals surface area contributed by atoms with Gasteiger partial charge < -0.3 is 35.3 Å². The summed E-state index contributed by atoms with van der Waals surface area (Å²) in [4.78, 5) is 61.2. The molecule has 0 spiro atoms. The quantitative estimate of drug-likeness (QED) is 0.0736. The Kier molecular flexibility index (Phi) is 12.0. The molecule has 4 aromatic rings. The molecule has 0 fully saturated rings. The first-order chi connectivity index (χ1) is 23.1. The predicted octanol–water partition coefficient (Wildman–Crippen LogP) is 6.24. The van der Waals surface area contributed by atoms with Crippen molar-refractivity contribution in [3.05, 3.63) is 108 Å². The normalized spacial score (nSPS) is 11.1. The third kappa shape index (κ3) is 9.99. The molecule has 0 aliphatic heterocycles. The van der Waals surface area contributed by atoms with E-state index in [0.717, 1.165) is 0 Å². The summed E-state index contributed by atoms with van der Waals surface area (Å²) >= 11 is 0. The van der Waals surface area contributed by atoms with Crippen LogP contribution >= 0.6 is 0 Å². The van der Waals surface area contributed by atoms with Crippen LogP contribution < -0.4 is 30.2 Å². The van der Waals surface area contributed by atoms with Gasteiger partial charge in [0.25, 0.3) is 11.8 Å². The third-order valence-corrected chi connectivity index (χ3v) is 6.74. The Morgan fingerprint density at radius 2 is 0.958 bits per heavy atom. The lowest BCUT2D eigenvalue weighted by atomic mass is 10.1. The summed E-state index contributed by atoms with van der Waals surface area (Å²) in [5, 5.41) is 19.4. The molecule has 0 aliphatic rings. The highest BCUT2D eigenvalue weighted by atomic mass is 16.5. The molecule has 4 rings (SSSR count). The molecule has 0 radical (unpaired) electrons. The number of nitrogens with one attached hydrogen (secondary N) is 3. The topological polar surface area (TPSA) is 169 Å². The van der Waals surface area contributed by atoms with Crippen LogP contribution in [0.3, 0.4) is 0 Å². The van der Waals surface area contributed by atoms with E-state index in [1.165, 1.54) is 36.4 Å². The van der Waals surface area contributed by atoms with E-state index >= 15 is 0 Å². The number of aliphatic hydroxyl groups excluding tert-OH is 1. The zero-order chi connectivity index (χ0) is 34.6. The number of rotatable bonds is 13. The van der Waals surface area contributed by atoms with Gasteiger partial charge in [0.2, 0.25) is 0 Å². The van der Waals surface area contributed by atoms with Crippen LogP contribution in [-0.4, -0.2) is 34.8 Å². The van der Waals surface area contributed by atoms with Crippen LogP contribution in [0.15, 0.2) is 91.0 Å². The van der Waals surface area contributed by atoms with E-state index in [0.29, 0.717) is 34.2 Å². The van der Waals surface area contributed by atoms with Crippen molar-refractivity contribution >= 4 is 46.8 Å². The van der Waals surface area contributed by atoms with Crippen LogP contribution in [0.5, 0.6) is 17.2 Å².